The smallest absolute Gasteiger partial charge is 0.408 e. The molecule has 13 heteroatoms. The van der Waals surface area contributed by atoms with Gasteiger partial charge in [0.15, 0.2) is 5.75 Å². The summed E-state index contributed by atoms with van der Waals surface area (Å²) in [5.74, 6) is -1.18. The van der Waals surface area contributed by atoms with E-state index in [2.05, 4.69) is 10.6 Å². The molecule has 0 heterocycles. The molecule has 0 unspecified atom stereocenters. The molecular formula is C25H27Cl5N2O6. The summed E-state index contributed by atoms with van der Waals surface area (Å²) in [6, 6.07) is 8.11. The number of carbonyl (C=O) groups is 3. The van der Waals surface area contributed by atoms with Gasteiger partial charge in [-0.3, -0.25) is 0 Å². The van der Waals surface area contributed by atoms with Gasteiger partial charge in [0.2, 0.25) is 0 Å². The molecule has 2 amide bonds. The van der Waals surface area contributed by atoms with E-state index in [9.17, 15) is 14.4 Å². The quantitative estimate of drug-likeness (QED) is 0.0914. The van der Waals surface area contributed by atoms with E-state index in [1.165, 1.54) is 0 Å². The molecule has 0 aliphatic heterocycles. The first-order valence-corrected chi connectivity index (χ1v) is 13.4. The molecule has 0 aliphatic rings. The van der Waals surface area contributed by atoms with Crippen LogP contribution in [0, 0.1) is 0 Å². The van der Waals surface area contributed by atoms with Crippen LogP contribution in [0.5, 0.6) is 5.75 Å². The van der Waals surface area contributed by atoms with Crippen LogP contribution in [0.25, 0.3) is 0 Å². The topological polar surface area (TPSA) is 103 Å². The minimum atomic E-state index is -1.14. The van der Waals surface area contributed by atoms with Crippen molar-refractivity contribution in [3.05, 3.63) is 61.0 Å². The summed E-state index contributed by atoms with van der Waals surface area (Å²) in [6.45, 7) is 5.46. The number of halogens is 5. The van der Waals surface area contributed by atoms with Crippen molar-refractivity contribution >= 4 is 76.2 Å². The highest BCUT2D eigenvalue weighted by molar-refractivity contribution is 6.55. The van der Waals surface area contributed by atoms with E-state index in [0.717, 1.165) is 5.56 Å². The van der Waals surface area contributed by atoms with E-state index >= 15 is 0 Å². The fourth-order valence-electron chi connectivity index (χ4n) is 2.98. The van der Waals surface area contributed by atoms with Gasteiger partial charge in [0.25, 0.3) is 0 Å². The Labute approximate surface area is 246 Å². The maximum absolute atomic E-state index is 13.0. The standard InChI is InChI=1S/C25H27Cl5N2O6/c1-25(2,3)38-24(35)32-15(22(33)37-21-19(29)17(27)16(26)18(28)20(21)30)11-7-8-12-31-23(34)36-13-14-9-5-4-6-10-14/h4-6,9-10,15H,7-8,11-13H2,1-3H3,(H,31,34)(H,32,35)/t15-/m0/s1. The number of hydrogen-bond acceptors (Lipinski definition) is 6. The zero-order valence-electron chi connectivity index (χ0n) is 20.8. The number of alkyl carbamates (subject to hydrolysis) is 2. The normalized spacial score (nSPS) is 11.9. The van der Waals surface area contributed by atoms with Gasteiger partial charge in [0.05, 0.1) is 15.1 Å². The second-order valence-electron chi connectivity index (χ2n) is 9.00. The molecule has 208 valence electrons. The van der Waals surface area contributed by atoms with Crippen LogP contribution in [0.4, 0.5) is 9.59 Å². The first-order chi connectivity index (χ1) is 17.8. The van der Waals surface area contributed by atoms with Crippen molar-refractivity contribution in [3.8, 4) is 5.75 Å². The highest BCUT2D eigenvalue weighted by Gasteiger charge is 2.29. The molecule has 38 heavy (non-hydrogen) atoms. The van der Waals surface area contributed by atoms with E-state index in [1.54, 1.807) is 20.8 Å². The average Bonchev–Trinajstić information content (AvgIpc) is 2.86. The highest BCUT2D eigenvalue weighted by atomic mass is 35.5. The number of hydrogen-bond donors (Lipinski definition) is 2. The van der Waals surface area contributed by atoms with Crippen molar-refractivity contribution in [1.82, 2.24) is 10.6 Å². The van der Waals surface area contributed by atoms with Crippen LogP contribution in [0.2, 0.25) is 25.1 Å². The van der Waals surface area contributed by atoms with Gasteiger partial charge in [-0.2, -0.15) is 0 Å². The number of nitrogens with one attached hydrogen (secondary N) is 2. The Morgan fingerprint density at radius 2 is 1.42 bits per heavy atom. The lowest BCUT2D eigenvalue weighted by Crippen LogP contribution is -2.45. The molecular weight excluding hydrogens is 602 g/mol. The summed E-state index contributed by atoms with van der Waals surface area (Å²) in [4.78, 5) is 37.3. The number of esters is 1. The zero-order chi connectivity index (χ0) is 28.5. The third-order valence-electron chi connectivity index (χ3n) is 4.75. The van der Waals surface area contributed by atoms with Gasteiger partial charge in [-0.05, 0) is 45.6 Å². The number of benzene rings is 2. The van der Waals surface area contributed by atoms with Crippen molar-refractivity contribution in [2.75, 3.05) is 6.54 Å². The SMILES string of the molecule is CC(C)(C)OC(=O)N[C@@H](CCCCNC(=O)OCc1ccccc1)C(=O)Oc1c(Cl)c(Cl)c(Cl)c(Cl)c1Cl. The maximum Gasteiger partial charge on any atom is 0.408 e. The Balaban J connectivity index is 1.97. The second-order valence-corrected chi connectivity index (χ2v) is 10.9. The molecule has 0 aliphatic carbocycles. The lowest BCUT2D eigenvalue weighted by atomic mass is 10.1. The van der Waals surface area contributed by atoms with Gasteiger partial charge in [-0.15, -0.1) is 0 Å². The largest absolute Gasteiger partial charge is 0.445 e. The Bertz CT molecular complexity index is 1110. The van der Waals surface area contributed by atoms with E-state index < -0.39 is 29.8 Å². The van der Waals surface area contributed by atoms with Crippen LogP contribution in [0.1, 0.15) is 45.6 Å². The van der Waals surface area contributed by atoms with Gasteiger partial charge in [-0.25, -0.2) is 14.4 Å². The number of ether oxygens (including phenoxy) is 3. The summed E-state index contributed by atoms with van der Waals surface area (Å²) in [5, 5.41) is 4.30. The molecule has 0 aromatic heterocycles. The predicted octanol–water partition coefficient (Wildman–Crippen LogP) is 7.85. The zero-order valence-corrected chi connectivity index (χ0v) is 24.6. The molecule has 0 saturated carbocycles. The summed E-state index contributed by atoms with van der Waals surface area (Å²) in [5.41, 5.74) is 0.0626. The summed E-state index contributed by atoms with van der Waals surface area (Å²) >= 11 is 30.4. The van der Waals surface area contributed by atoms with E-state index in [4.69, 9.17) is 72.2 Å². The first kappa shape index (κ1) is 32.1. The summed E-state index contributed by atoms with van der Waals surface area (Å²) in [6.07, 6.45) is -0.370. The molecule has 1 atom stereocenters. The van der Waals surface area contributed by atoms with Gasteiger partial charge in [0.1, 0.15) is 28.3 Å². The lowest BCUT2D eigenvalue weighted by Gasteiger charge is -2.23. The van der Waals surface area contributed by atoms with E-state index in [1.807, 2.05) is 30.3 Å². The van der Waals surface area contributed by atoms with Gasteiger partial charge in [0, 0.05) is 6.54 Å². The van der Waals surface area contributed by atoms with Crippen molar-refractivity contribution in [2.24, 2.45) is 0 Å². The van der Waals surface area contributed by atoms with Crippen LogP contribution in [-0.2, 0) is 20.9 Å². The highest BCUT2D eigenvalue weighted by Crippen LogP contribution is 2.48. The van der Waals surface area contributed by atoms with Crippen molar-refractivity contribution in [2.45, 2.75) is 58.3 Å². The number of amides is 2. The van der Waals surface area contributed by atoms with Crippen LogP contribution < -0.4 is 15.4 Å². The first-order valence-electron chi connectivity index (χ1n) is 11.5. The molecule has 0 spiro atoms. The van der Waals surface area contributed by atoms with Crippen LogP contribution >= 0.6 is 58.0 Å². The van der Waals surface area contributed by atoms with Crippen LogP contribution in [0.3, 0.4) is 0 Å². The van der Waals surface area contributed by atoms with Crippen molar-refractivity contribution < 1.29 is 28.6 Å². The monoisotopic (exact) mass is 626 g/mol. The number of unbranched alkanes of at least 4 members (excludes halogenated alkanes) is 1. The van der Waals surface area contributed by atoms with Gasteiger partial charge >= 0.3 is 18.2 Å². The molecule has 2 rings (SSSR count). The van der Waals surface area contributed by atoms with Crippen LogP contribution in [-0.4, -0.2) is 36.3 Å². The van der Waals surface area contributed by atoms with Gasteiger partial charge < -0.3 is 24.8 Å². The number of carbonyl (C=O) groups excluding carboxylic acids is 3. The minimum absolute atomic E-state index is 0.0960. The Kier molecular flexibility index (Phi) is 12.6. The van der Waals surface area contributed by atoms with E-state index in [0.29, 0.717) is 12.8 Å². The third-order valence-corrected chi connectivity index (χ3v) is 6.99. The van der Waals surface area contributed by atoms with Gasteiger partial charge in [-0.1, -0.05) is 88.3 Å². The lowest BCUT2D eigenvalue weighted by molar-refractivity contribution is -0.137. The number of rotatable bonds is 10. The fourth-order valence-corrected chi connectivity index (χ4v) is 4.18. The second kappa shape index (κ2) is 14.9. The maximum atomic E-state index is 13.0. The Morgan fingerprint density at radius 1 is 0.842 bits per heavy atom. The Morgan fingerprint density at radius 3 is 2.00 bits per heavy atom. The molecule has 8 nitrogen and oxygen atoms in total. The third kappa shape index (κ3) is 10.2. The molecule has 0 saturated heterocycles. The molecule has 2 aromatic rings. The van der Waals surface area contributed by atoms with Crippen molar-refractivity contribution in [3.63, 3.8) is 0 Å². The predicted molar refractivity (Wildman–Crippen MR) is 149 cm³/mol. The molecule has 2 aromatic carbocycles. The van der Waals surface area contributed by atoms with E-state index in [-0.39, 0.29) is 50.4 Å². The summed E-state index contributed by atoms with van der Waals surface area (Å²) in [7, 11) is 0. The molecule has 0 radical (unpaired) electrons. The molecule has 2 N–H and O–H groups in total. The molecule has 0 fully saturated rings. The van der Waals surface area contributed by atoms with Crippen LogP contribution in [0.15, 0.2) is 30.3 Å². The minimum Gasteiger partial charge on any atom is -0.445 e. The molecule has 0 bridgehead atoms. The Hall–Kier alpha value is -2.10. The van der Waals surface area contributed by atoms with Crippen molar-refractivity contribution in [1.29, 1.82) is 0 Å². The summed E-state index contributed by atoms with van der Waals surface area (Å²) < 4.78 is 15.8. The fraction of sp³-hybridized carbons (Fsp3) is 0.400. The average molecular weight is 629 g/mol.